The third-order valence-electron chi connectivity index (χ3n) is 4.81. The lowest BCUT2D eigenvalue weighted by molar-refractivity contribution is -0.152. The Hall–Kier alpha value is -3.10. The number of fused-ring (bicyclic) bond motifs is 1. The third-order valence-corrected chi connectivity index (χ3v) is 4.81. The molecule has 4 rings (SSSR count). The Morgan fingerprint density at radius 1 is 1.38 bits per heavy atom. The lowest BCUT2D eigenvalue weighted by atomic mass is 10.1. The number of hydrogen-bond acceptors (Lipinski definition) is 5. The van der Waals surface area contributed by atoms with Crippen LogP contribution in [0.2, 0.25) is 0 Å². The van der Waals surface area contributed by atoms with Crippen molar-refractivity contribution in [2.24, 2.45) is 0 Å². The van der Waals surface area contributed by atoms with Crippen LogP contribution in [-0.4, -0.2) is 69.9 Å². The van der Waals surface area contributed by atoms with Crippen LogP contribution >= 0.6 is 0 Å². The molecule has 2 aliphatic heterocycles. The molecular formula is C17H19N5O4. The molecule has 3 amide bonds. The summed E-state index contributed by atoms with van der Waals surface area (Å²) < 4.78 is 5.50. The zero-order valence-corrected chi connectivity index (χ0v) is 14.5. The molecule has 2 saturated heterocycles. The van der Waals surface area contributed by atoms with Crippen molar-refractivity contribution >= 4 is 17.7 Å². The van der Waals surface area contributed by atoms with Gasteiger partial charge < -0.3 is 19.5 Å². The second kappa shape index (κ2) is 6.01. The van der Waals surface area contributed by atoms with E-state index in [4.69, 9.17) is 4.42 Å². The first kappa shape index (κ1) is 16.4. The fraction of sp³-hybridized carbons (Fsp3) is 0.412. The van der Waals surface area contributed by atoms with Crippen molar-refractivity contribution in [3.8, 4) is 11.5 Å². The number of carbonyl (C=O) groups excluding carboxylic acids is 3. The number of amides is 3. The summed E-state index contributed by atoms with van der Waals surface area (Å²) in [5.74, 6) is 0.836. The number of aryl methyl sites for hydroxylation is 1. The van der Waals surface area contributed by atoms with Crippen molar-refractivity contribution in [2.45, 2.75) is 25.4 Å². The normalized spacial score (nSPS) is 22.7. The topological polar surface area (TPSA) is 112 Å². The van der Waals surface area contributed by atoms with Gasteiger partial charge in [-0.05, 0) is 25.5 Å². The number of hydrogen-bond donors (Lipinski definition) is 2. The third kappa shape index (κ3) is 2.75. The van der Waals surface area contributed by atoms with Crippen LogP contribution < -0.4 is 5.32 Å². The molecule has 26 heavy (non-hydrogen) atoms. The largest absolute Gasteiger partial charge is 0.460 e. The average Bonchev–Trinajstić information content (AvgIpc) is 3.31. The Labute approximate surface area is 149 Å². The first-order chi connectivity index (χ1) is 12.4. The number of H-pyrrole nitrogens is 1. The van der Waals surface area contributed by atoms with E-state index in [-0.39, 0.29) is 36.0 Å². The maximum atomic E-state index is 12.5. The standard InChI is InChI=1S/C17H19N5O4/c1-9-3-4-14(26-9)11-6-12(20-19-11)16(24)18-10-5-13-17(25)21(2)8-15(23)22(13)7-10/h3-4,6,10,13H,5,7-8H2,1-2H3,(H,18,24)(H,19,20)/t10-,13-/m0/s1. The van der Waals surface area contributed by atoms with Gasteiger partial charge in [0.25, 0.3) is 5.91 Å². The van der Waals surface area contributed by atoms with Crippen molar-refractivity contribution in [1.82, 2.24) is 25.3 Å². The molecule has 2 aliphatic rings. The van der Waals surface area contributed by atoms with Gasteiger partial charge in [0.15, 0.2) is 11.5 Å². The number of aromatic amines is 1. The number of nitrogens with zero attached hydrogens (tertiary/aromatic N) is 3. The van der Waals surface area contributed by atoms with Gasteiger partial charge in [0.05, 0.1) is 6.54 Å². The molecule has 2 atom stereocenters. The van der Waals surface area contributed by atoms with Gasteiger partial charge in [0.1, 0.15) is 17.5 Å². The van der Waals surface area contributed by atoms with Crippen LogP contribution in [0.15, 0.2) is 22.6 Å². The van der Waals surface area contributed by atoms with E-state index in [1.165, 1.54) is 4.90 Å². The molecule has 0 unspecified atom stereocenters. The first-order valence-corrected chi connectivity index (χ1v) is 8.40. The Balaban J connectivity index is 1.44. The summed E-state index contributed by atoms with van der Waals surface area (Å²) in [6.45, 7) is 2.26. The van der Waals surface area contributed by atoms with Gasteiger partial charge in [-0.15, -0.1) is 0 Å². The predicted octanol–water partition coefficient (Wildman–Crippen LogP) is 0.149. The minimum Gasteiger partial charge on any atom is -0.460 e. The number of aromatic nitrogens is 2. The molecule has 2 N–H and O–H groups in total. The predicted molar refractivity (Wildman–Crippen MR) is 90.0 cm³/mol. The molecule has 0 bridgehead atoms. The van der Waals surface area contributed by atoms with E-state index < -0.39 is 6.04 Å². The van der Waals surface area contributed by atoms with Gasteiger partial charge in [0, 0.05) is 25.7 Å². The van der Waals surface area contributed by atoms with E-state index in [0.29, 0.717) is 24.4 Å². The van der Waals surface area contributed by atoms with Crippen LogP contribution in [-0.2, 0) is 9.59 Å². The summed E-state index contributed by atoms with van der Waals surface area (Å²) in [6, 6.07) is 4.47. The molecule has 136 valence electrons. The molecule has 4 heterocycles. The van der Waals surface area contributed by atoms with Crippen LogP contribution in [0.4, 0.5) is 0 Å². The highest BCUT2D eigenvalue weighted by atomic mass is 16.3. The molecule has 2 fully saturated rings. The van der Waals surface area contributed by atoms with Crippen molar-refractivity contribution < 1.29 is 18.8 Å². The van der Waals surface area contributed by atoms with Gasteiger partial charge in [0.2, 0.25) is 11.8 Å². The summed E-state index contributed by atoms with van der Waals surface area (Å²) in [5, 5.41) is 9.67. The summed E-state index contributed by atoms with van der Waals surface area (Å²) in [6.07, 6.45) is 0.412. The van der Waals surface area contributed by atoms with Crippen LogP contribution in [0, 0.1) is 6.92 Å². The second-order valence-electron chi connectivity index (χ2n) is 6.74. The highest BCUT2D eigenvalue weighted by Gasteiger charge is 2.45. The number of piperazine rings is 1. The van der Waals surface area contributed by atoms with E-state index in [1.807, 2.05) is 13.0 Å². The molecular weight excluding hydrogens is 338 g/mol. The Kier molecular flexibility index (Phi) is 3.78. The number of likely N-dealkylation sites (N-methyl/N-ethyl adjacent to an activating group) is 1. The van der Waals surface area contributed by atoms with Crippen LogP contribution in [0.1, 0.15) is 22.7 Å². The minimum absolute atomic E-state index is 0.0846. The van der Waals surface area contributed by atoms with Crippen molar-refractivity contribution in [3.63, 3.8) is 0 Å². The summed E-state index contributed by atoms with van der Waals surface area (Å²) in [5.41, 5.74) is 0.841. The number of furan rings is 1. The van der Waals surface area contributed by atoms with Crippen molar-refractivity contribution in [2.75, 3.05) is 20.1 Å². The van der Waals surface area contributed by atoms with Crippen LogP contribution in [0.5, 0.6) is 0 Å². The number of rotatable bonds is 3. The Bertz CT molecular complexity index is 885. The fourth-order valence-electron chi connectivity index (χ4n) is 3.48. The van der Waals surface area contributed by atoms with E-state index in [2.05, 4.69) is 15.5 Å². The SMILES string of the molecule is Cc1ccc(-c2cc(C(=O)N[C@H]3C[C@H]4C(=O)N(C)CC(=O)N4C3)n[nH]2)o1. The molecule has 0 aliphatic carbocycles. The maximum Gasteiger partial charge on any atom is 0.272 e. The van der Waals surface area contributed by atoms with Gasteiger partial charge in [-0.2, -0.15) is 5.10 Å². The van der Waals surface area contributed by atoms with Crippen LogP contribution in [0.25, 0.3) is 11.5 Å². The van der Waals surface area contributed by atoms with Gasteiger partial charge in [-0.25, -0.2) is 0 Å². The zero-order valence-electron chi connectivity index (χ0n) is 14.5. The Morgan fingerprint density at radius 3 is 2.92 bits per heavy atom. The minimum atomic E-state index is -0.493. The fourth-order valence-corrected chi connectivity index (χ4v) is 3.48. The maximum absolute atomic E-state index is 12.5. The quantitative estimate of drug-likeness (QED) is 0.812. The number of carbonyl (C=O) groups is 3. The van der Waals surface area contributed by atoms with E-state index in [0.717, 1.165) is 5.76 Å². The molecule has 0 saturated carbocycles. The zero-order chi connectivity index (χ0) is 18.4. The molecule has 2 aromatic rings. The van der Waals surface area contributed by atoms with E-state index in [9.17, 15) is 14.4 Å². The van der Waals surface area contributed by atoms with Crippen LogP contribution in [0.3, 0.4) is 0 Å². The molecule has 0 radical (unpaired) electrons. The van der Waals surface area contributed by atoms with Gasteiger partial charge >= 0.3 is 0 Å². The molecule has 9 nitrogen and oxygen atoms in total. The number of nitrogens with one attached hydrogen (secondary N) is 2. The molecule has 0 spiro atoms. The summed E-state index contributed by atoms with van der Waals surface area (Å²) in [4.78, 5) is 39.7. The average molecular weight is 357 g/mol. The molecule has 0 aromatic carbocycles. The highest BCUT2D eigenvalue weighted by molar-refractivity contribution is 5.96. The molecule has 9 heteroatoms. The lowest BCUT2D eigenvalue weighted by Crippen LogP contribution is -2.55. The Morgan fingerprint density at radius 2 is 2.19 bits per heavy atom. The second-order valence-corrected chi connectivity index (χ2v) is 6.74. The smallest absolute Gasteiger partial charge is 0.272 e. The monoisotopic (exact) mass is 357 g/mol. The molecule has 2 aromatic heterocycles. The van der Waals surface area contributed by atoms with Gasteiger partial charge in [-0.1, -0.05) is 0 Å². The highest BCUT2D eigenvalue weighted by Crippen LogP contribution is 2.24. The summed E-state index contributed by atoms with van der Waals surface area (Å²) >= 11 is 0. The first-order valence-electron chi connectivity index (χ1n) is 8.40. The van der Waals surface area contributed by atoms with Crippen molar-refractivity contribution in [3.05, 3.63) is 29.7 Å². The summed E-state index contributed by atoms with van der Waals surface area (Å²) in [7, 11) is 1.62. The van der Waals surface area contributed by atoms with Crippen molar-refractivity contribution in [1.29, 1.82) is 0 Å². The lowest BCUT2D eigenvalue weighted by Gasteiger charge is -2.33. The van der Waals surface area contributed by atoms with Gasteiger partial charge in [-0.3, -0.25) is 19.5 Å². The van der Waals surface area contributed by atoms with E-state index >= 15 is 0 Å². The van der Waals surface area contributed by atoms with E-state index in [1.54, 1.807) is 24.1 Å².